The Morgan fingerprint density at radius 3 is 1.03 bits per heavy atom. The summed E-state index contributed by atoms with van der Waals surface area (Å²) >= 11 is 3.66. The Kier molecular flexibility index (Phi) is 16.3. The lowest BCUT2D eigenvalue weighted by Gasteiger charge is -2.32. The largest absolute Gasteiger partial charge is 0.495 e. The van der Waals surface area contributed by atoms with E-state index in [9.17, 15) is 0 Å². The lowest BCUT2D eigenvalue weighted by Crippen LogP contribution is -2.41. The zero-order valence-electron chi connectivity index (χ0n) is 64.9. The predicted molar refractivity (Wildman–Crippen MR) is 455 cm³/mol. The van der Waals surface area contributed by atoms with Crippen molar-refractivity contribution in [2.45, 2.75) is 209 Å². The van der Waals surface area contributed by atoms with Crippen molar-refractivity contribution in [3.63, 3.8) is 0 Å². The van der Waals surface area contributed by atoms with Crippen molar-refractivity contribution in [2.75, 3.05) is 0 Å². The number of benzene rings is 14. The summed E-state index contributed by atoms with van der Waals surface area (Å²) in [6, 6.07) is 79.0. The molecule has 2 nitrogen and oxygen atoms in total. The van der Waals surface area contributed by atoms with Crippen LogP contribution < -0.4 is 5.46 Å². The fourth-order valence-corrected chi connectivity index (χ4v) is 18.0. The minimum absolute atomic E-state index is 0. The van der Waals surface area contributed by atoms with Gasteiger partial charge in [0.05, 0.1) is 11.2 Å². The van der Waals surface area contributed by atoms with Crippen LogP contribution in [0.15, 0.2) is 211 Å². The van der Waals surface area contributed by atoms with Gasteiger partial charge in [0.25, 0.3) is 0 Å². The van der Waals surface area contributed by atoms with Crippen LogP contribution in [0.5, 0.6) is 0 Å². The van der Waals surface area contributed by atoms with Gasteiger partial charge in [0, 0.05) is 20.7 Å². The quantitative estimate of drug-likeness (QED) is 0.130. The SMILES string of the molecule is C.CC(C)(C)c1cc2ccc3cc(C(C)(C)C)cc4c(-c5ccc6c(c5)C(C)(C)c5ccccc5-6)cc(c1)c2c34.CC(C)(C)c1cc2ccc3cc(C(C)(C)C)cc4c(B5OC(C)(C)C(C)(C)O5)cc(c1)c2c34.CC1(C)c2ccccc2-c2ccc(-c3ccc4c(c3)C(C)(C)c3cc(Br)ccc3-4)cc21. The maximum atomic E-state index is 6.58. The van der Waals surface area contributed by atoms with E-state index in [1.54, 1.807) is 0 Å². The molecule has 0 unspecified atom stereocenters. The second kappa shape index (κ2) is 23.8. The van der Waals surface area contributed by atoms with Crippen molar-refractivity contribution in [1.82, 2.24) is 0 Å². The van der Waals surface area contributed by atoms with Crippen molar-refractivity contribution in [3.05, 3.63) is 266 Å². The van der Waals surface area contributed by atoms with E-state index in [-0.39, 0.29) is 56.5 Å². The molecule has 1 saturated heterocycles. The van der Waals surface area contributed by atoms with Gasteiger partial charge in [-0.05, 0) is 273 Å². The first-order valence-electron chi connectivity index (χ1n) is 37.6. The summed E-state index contributed by atoms with van der Waals surface area (Å²) in [6.45, 7) is 50.3. The zero-order chi connectivity index (χ0) is 73.2. The van der Waals surface area contributed by atoms with Gasteiger partial charge in [0.15, 0.2) is 0 Å². The molecule has 4 aliphatic rings. The van der Waals surface area contributed by atoms with Crippen LogP contribution in [0.1, 0.15) is 215 Å². The highest BCUT2D eigenvalue weighted by Gasteiger charge is 2.52. The molecule has 3 aliphatic carbocycles. The highest BCUT2D eigenvalue weighted by atomic mass is 79.9. The predicted octanol–water partition coefficient (Wildman–Crippen LogP) is 28.0. The standard InChI is InChI=1S/C39H38.C30H37BO2.C30H25Br.CH4/c1-37(2,3)27-17-24-13-14-25-18-28(38(4,5)6)22-32-31(20-26(19-27)35(24)36(25)32)23-15-16-30-29-11-9-10-12-33(29)39(7,8)34(30)21-23;1-27(2,3)21-13-18-11-12-19-14-22(28(4,5)6)17-23-24(16-20(15-21)25(18)26(19)23)31-32-29(7,8)30(9,10)33-31;1-29(2)25-8-6-5-7-21(25)22-12-9-18(15-26(22)29)19-10-13-23-24-14-11-20(31)17-28(24)30(3,4)27(23)16-19;/h9-22H,1-8H3;11-17H,1-10H3;5-17H,1-4H3;1H4. The minimum Gasteiger partial charge on any atom is -0.399 e. The van der Waals surface area contributed by atoms with Gasteiger partial charge in [-0.15, -0.1) is 0 Å². The molecule has 0 spiro atoms. The summed E-state index contributed by atoms with van der Waals surface area (Å²) in [5.41, 5.74) is 28.2. The van der Waals surface area contributed by atoms with Gasteiger partial charge in [-0.3, -0.25) is 0 Å². The molecular weight excluding hydrogens is 1320 g/mol. The number of fused-ring (bicyclic) bond motifs is 9. The van der Waals surface area contributed by atoms with Gasteiger partial charge in [-0.2, -0.15) is 0 Å². The topological polar surface area (TPSA) is 18.5 Å². The van der Waals surface area contributed by atoms with Gasteiger partial charge in [0.2, 0.25) is 0 Å². The first kappa shape index (κ1) is 71.2. The van der Waals surface area contributed by atoms with Crippen LogP contribution in [0, 0.1) is 0 Å². The van der Waals surface area contributed by atoms with Crippen LogP contribution in [0.2, 0.25) is 0 Å². The van der Waals surface area contributed by atoms with Crippen molar-refractivity contribution >= 4 is 93.1 Å². The van der Waals surface area contributed by atoms with E-state index in [2.05, 4.69) is 375 Å². The summed E-state index contributed by atoms with van der Waals surface area (Å²) < 4.78 is 14.3. The number of hydrogen-bond acceptors (Lipinski definition) is 2. The van der Waals surface area contributed by atoms with Crippen LogP contribution in [0.4, 0.5) is 0 Å². The molecule has 0 radical (unpaired) electrons. The van der Waals surface area contributed by atoms with Crippen molar-refractivity contribution in [1.29, 1.82) is 0 Å². The molecule has 104 heavy (non-hydrogen) atoms. The third-order valence-electron chi connectivity index (χ3n) is 24.8. The molecule has 0 aromatic heterocycles. The van der Waals surface area contributed by atoms with Gasteiger partial charge in [-0.25, -0.2) is 0 Å². The maximum absolute atomic E-state index is 6.58. The molecule has 4 heteroatoms. The highest BCUT2D eigenvalue weighted by Crippen LogP contribution is 2.55. The molecule has 0 saturated carbocycles. The summed E-state index contributed by atoms with van der Waals surface area (Å²) in [7, 11) is -0.393. The number of rotatable bonds is 3. The van der Waals surface area contributed by atoms with E-state index in [0.29, 0.717) is 0 Å². The van der Waals surface area contributed by atoms with Crippen molar-refractivity contribution in [2.24, 2.45) is 0 Å². The molecule has 526 valence electrons. The molecule has 1 aliphatic heterocycles. The monoisotopic (exact) mass is 1430 g/mol. The smallest absolute Gasteiger partial charge is 0.399 e. The molecule has 0 amide bonds. The number of hydrogen-bond donors (Lipinski definition) is 0. The lowest BCUT2D eigenvalue weighted by molar-refractivity contribution is 0.00578. The van der Waals surface area contributed by atoms with E-state index in [0.717, 1.165) is 9.94 Å². The average Bonchev–Trinajstić information content (AvgIpc) is 0.766. The van der Waals surface area contributed by atoms with E-state index >= 15 is 0 Å². The second-order valence-electron chi connectivity index (χ2n) is 37.4. The molecule has 14 aromatic rings. The van der Waals surface area contributed by atoms with Crippen LogP contribution >= 0.6 is 15.9 Å². The van der Waals surface area contributed by atoms with Gasteiger partial charge in [-0.1, -0.05) is 312 Å². The van der Waals surface area contributed by atoms with E-state index in [1.165, 1.54) is 176 Å². The lowest BCUT2D eigenvalue weighted by atomic mass is 9.72. The molecule has 1 fully saturated rings. The summed E-state index contributed by atoms with van der Waals surface area (Å²) in [5, 5.41) is 16.0. The van der Waals surface area contributed by atoms with E-state index < -0.39 is 7.12 Å². The first-order valence-corrected chi connectivity index (χ1v) is 38.4. The van der Waals surface area contributed by atoms with Crippen LogP contribution in [-0.2, 0) is 47.2 Å². The van der Waals surface area contributed by atoms with E-state index in [1.807, 2.05) is 0 Å². The zero-order valence-corrected chi connectivity index (χ0v) is 66.5. The molecule has 14 aromatic carbocycles. The first-order chi connectivity index (χ1) is 48.2. The second-order valence-corrected chi connectivity index (χ2v) is 38.3. The maximum Gasteiger partial charge on any atom is 0.495 e. The molecular formula is C100H104BBrO2. The molecule has 0 N–H and O–H groups in total. The Hall–Kier alpha value is -8.38. The molecule has 0 bridgehead atoms. The van der Waals surface area contributed by atoms with Crippen LogP contribution in [0.25, 0.3) is 120 Å². The Bertz CT molecular complexity index is 5820. The fraction of sp³-hybridized carbons (Fsp3) is 0.320. The Balaban J connectivity index is 0.000000126. The number of halogens is 1. The normalized spacial score (nSPS) is 16.4. The summed E-state index contributed by atoms with van der Waals surface area (Å²) in [4.78, 5) is 0. The van der Waals surface area contributed by atoms with E-state index in [4.69, 9.17) is 9.31 Å². The Morgan fingerprint density at radius 1 is 0.279 bits per heavy atom. The van der Waals surface area contributed by atoms with Crippen LogP contribution in [0.3, 0.4) is 0 Å². The summed E-state index contributed by atoms with van der Waals surface area (Å²) in [6.07, 6.45) is 0. The fourth-order valence-electron chi connectivity index (χ4n) is 17.7. The highest BCUT2D eigenvalue weighted by molar-refractivity contribution is 9.10. The molecule has 0 atom stereocenters. The van der Waals surface area contributed by atoms with Gasteiger partial charge >= 0.3 is 7.12 Å². The third-order valence-corrected chi connectivity index (χ3v) is 25.2. The third kappa shape index (κ3) is 11.3. The Morgan fingerprint density at radius 2 is 0.596 bits per heavy atom. The Labute approximate surface area is 629 Å². The van der Waals surface area contributed by atoms with Gasteiger partial charge < -0.3 is 9.31 Å². The summed E-state index contributed by atoms with van der Waals surface area (Å²) in [5.74, 6) is 0. The average molecular weight is 1430 g/mol. The van der Waals surface area contributed by atoms with Crippen molar-refractivity contribution < 1.29 is 9.31 Å². The van der Waals surface area contributed by atoms with Crippen molar-refractivity contribution in [3.8, 4) is 55.6 Å². The van der Waals surface area contributed by atoms with Crippen LogP contribution in [-0.4, -0.2) is 18.3 Å². The van der Waals surface area contributed by atoms with Gasteiger partial charge in [0.1, 0.15) is 0 Å². The molecule has 18 rings (SSSR count). The molecule has 1 heterocycles. The minimum atomic E-state index is -0.393.